The van der Waals surface area contributed by atoms with Gasteiger partial charge in [0, 0.05) is 37.0 Å². The van der Waals surface area contributed by atoms with Gasteiger partial charge in [-0.3, -0.25) is 9.59 Å². The number of carbonyl (C=O) groups excluding carboxylic acids is 2. The molecule has 0 heterocycles. The Bertz CT molecular complexity index is 785. The molecule has 0 radical (unpaired) electrons. The van der Waals surface area contributed by atoms with Crippen molar-refractivity contribution in [3.63, 3.8) is 0 Å². The summed E-state index contributed by atoms with van der Waals surface area (Å²) in [5.41, 5.74) is 4.73. The molecule has 2 amide bonds. The third-order valence-corrected chi connectivity index (χ3v) is 4.06. The number of benzene rings is 2. The minimum atomic E-state index is -0.110. The molecule has 26 heavy (non-hydrogen) atoms. The zero-order chi connectivity index (χ0) is 19.1. The molecule has 2 aromatic rings. The number of rotatable bonds is 7. The molecule has 5 heteroatoms. The minimum Gasteiger partial charge on any atom is -0.384 e. The Morgan fingerprint density at radius 3 is 2.38 bits per heavy atom. The summed E-state index contributed by atoms with van der Waals surface area (Å²) >= 11 is 0. The Kier molecular flexibility index (Phi) is 6.78. The molecule has 0 saturated carbocycles. The van der Waals surface area contributed by atoms with Crippen LogP contribution < -0.4 is 16.0 Å². The first-order valence-electron chi connectivity index (χ1n) is 8.87. The number of amides is 2. The first kappa shape index (κ1) is 19.5. The second-order valence-corrected chi connectivity index (χ2v) is 6.68. The number of aryl methyl sites for hydroxylation is 1. The van der Waals surface area contributed by atoms with Gasteiger partial charge in [-0.1, -0.05) is 38.1 Å². The van der Waals surface area contributed by atoms with Crippen molar-refractivity contribution in [2.75, 3.05) is 22.5 Å². The summed E-state index contributed by atoms with van der Waals surface area (Å²) in [4.78, 5) is 23.5. The zero-order valence-electron chi connectivity index (χ0n) is 15.8. The number of carbonyl (C=O) groups is 2. The van der Waals surface area contributed by atoms with E-state index in [1.807, 2.05) is 43.3 Å². The number of nitrogens with one attached hydrogen (secondary N) is 3. The van der Waals surface area contributed by atoms with E-state index in [1.165, 1.54) is 6.92 Å². The Morgan fingerprint density at radius 1 is 1.00 bits per heavy atom. The van der Waals surface area contributed by atoms with Gasteiger partial charge in [-0.25, -0.2) is 0 Å². The molecule has 5 nitrogen and oxygen atoms in total. The molecular formula is C21H27N3O2. The lowest BCUT2D eigenvalue weighted by Gasteiger charge is -2.16. The van der Waals surface area contributed by atoms with Crippen molar-refractivity contribution < 1.29 is 9.59 Å². The molecule has 0 spiro atoms. The fourth-order valence-corrected chi connectivity index (χ4v) is 2.77. The largest absolute Gasteiger partial charge is 0.384 e. The van der Waals surface area contributed by atoms with Gasteiger partial charge in [0.2, 0.25) is 11.8 Å². The van der Waals surface area contributed by atoms with Gasteiger partial charge >= 0.3 is 0 Å². The van der Waals surface area contributed by atoms with Crippen molar-refractivity contribution in [2.45, 2.75) is 40.0 Å². The predicted octanol–water partition coefficient (Wildman–Crippen LogP) is 4.52. The molecule has 2 rings (SSSR count). The van der Waals surface area contributed by atoms with Crippen LogP contribution in [0.4, 0.5) is 17.1 Å². The van der Waals surface area contributed by atoms with Crippen LogP contribution in [0, 0.1) is 6.92 Å². The Labute approximate surface area is 155 Å². The molecule has 0 fully saturated rings. The maximum absolute atomic E-state index is 12.3. The van der Waals surface area contributed by atoms with Crippen molar-refractivity contribution in [3.05, 3.63) is 53.6 Å². The van der Waals surface area contributed by atoms with Gasteiger partial charge in [0.25, 0.3) is 0 Å². The Balaban J connectivity index is 1.91. The minimum absolute atomic E-state index is 0.0216. The molecule has 0 unspecified atom stereocenters. The molecule has 0 aliphatic heterocycles. The van der Waals surface area contributed by atoms with Gasteiger partial charge in [-0.15, -0.1) is 0 Å². The van der Waals surface area contributed by atoms with Gasteiger partial charge in [0.1, 0.15) is 0 Å². The normalized spacial score (nSPS) is 10.5. The molecule has 0 aliphatic carbocycles. The third kappa shape index (κ3) is 5.62. The summed E-state index contributed by atoms with van der Waals surface area (Å²) in [6, 6.07) is 13.5. The van der Waals surface area contributed by atoms with Gasteiger partial charge in [0.15, 0.2) is 0 Å². The summed E-state index contributed by atoms with van der Waals surface area (Å²) in [7, 11) is 0. The number of para-hydroxylation sites is 1. The van der Waals surface area contributed by atoms with Crippen LogP contribution in [0.1, 0.15) is 44.2 Å². The van der Waals surface area contributed by atoms with E-state index in [-0.39, 0.29) is 11.8 Å². The average Bonchev–Trinajstić information content (AvgIpc) is 2.56. The Hall–Kier alpha value is -2.82. The van der Waals surface area contributed by atoms with Crippen LogP contribution >= 0.6 is 0 Å². The molecule has 0 atom stereocenters. The molecule has 0 saturated heterocycles. The van der Waals surface area contributed by atoms with Crippen molar-refractivity contribution in [1.29, 1.82) is 0 Å². The van der Waals surface area contributed by atoms with Crippen LogP contribution in [0.2, 0.25) is 0 Å². The van der Waals surface area contributed by atoms with Crippen LogP contribution in [0.15, 0.2) is 42.5 Å². The fraction of sp³-hybridized carbons (Fsp3) is 0.333. The summed E-state index contributed by atoms with van der Waals surface area (Å²) in [5.74, 6) is 0.215. The second-order valence-electron chi connectivity index (χ2n) is 6.68. The topological polar surface area (TPSA) is 70.2 Å². The predicted molar refractivity (Wildman–Crippen MR) is 108 cm³/mol. The van der Waals surface area contributed by atoms with Crippen LogP contribution in [-0.2, 0) is 9.59 Å². The van der Waals surface area contributed by atoms with Gasteiger partial charge in [-0.05, 0) is 42.2 Å². The highest BCUT2D eigenvalue weighted by Crippen LogP contribution is 2.27. The quantitative estimate of drug-likeness (QED) is 0.685. The first-order chi connectivity index (χ1) is 12.4. The van der Waals surface area contributed by atoms with E-state index in [1.54, 1.807) is 0 Å². The smallest absolute Gasteiger partial charge is 0.226 e. The van der Waals surface area contributed by atoms with Gasteiger partial charge in [0.05, 0.1) is 0 Å². The maximum atomic E-state index is 12.3. The van der Waals surface area contributed by atoms with Gasteiger partial charge in [-0.2, -0.15) is 0 Å². The van der Waals surface area contributed by atoms with Crippen LogP contribution in [0.5, 0.6) is 0 Å². The molecule has 2 aromatic carbocycles. The lowest BCUT2D eigenvalue weighted by molar-refractivity contribution is -0.116. The summed E-state index contributed by atoms with van der Waals surface area (Å²) in [5, 5.41) is 9.00. The van der Waals surface area contributed by atoms with Crippen LogP contribution in [0.3, 0.4) is 0 Å². The van der Waals surface area contributed by atoms with E-state index in [0.29, 0.717) is 18.9 Å². The monoisotopic (exact) mass is 353 g/mol. The zero-order valence-corrected chi connectivity index (χ0v) is 15.8. The standard InChI is InChI=1S/C21H27N3O2/c1-14(2)19-10-5-7-15(3)21(19)24-20(26)11-12-22-17-8-6-9-18(13-17)23-16(4)25/h5-10,13-14,22H,11-12H2,1-4H3,(H,23,25)(H,24,26). The number of anilines is 3. The number of hydrogen-bond donors (Lipinski definition) is 3. The molecule has 3 N–H and O–H groups in total. The average molecular weight is 353 g/mol. The molecule has 0 aliphatic rings. The second kappa shape index (κ2) is 9.04. The van der Waals surface area contributed by atoms with Gasteiger partial charge < -0.3 is 16.0 Å². The third-order valence-electron chi connectivity index (χ3n) is 4.06. The number of hydrogen-bond acceptors (Lipinski definition) is 3. The maximum Gasteiger partial charge on any atom is 0.226 e. The molecule has 0 aromatic heterocycles. The van der Waals surface area contributed by atoms with Crippen molar-refractivity contribution >= 4 is 28.9 Å². The van der Waals surface area contributed by atoms with E-state index in [0.717, 1.165) is 28.2 Å². The van der Waals surface area contributed by atoms with E-state index >= 15 is 0 Å². The lowest BCUT2D eigenvalue weighted by atomic mass is 9.98. The Morgan fingerprint density at radius 2 is 1.69 bits per heavy atom. The lowest BCUT2D eigenvalue weighted by Crippen LogP contribution is -2.18. The summed E-state index contributed by atoms with van der Waals surface area (Å²) in [6.07, 6.45) is 0.357. The van der Waals surface area contributed by atoms with Crippen molar-refractivity contribution in [1.82, 2.24) is 0 Å². The fourth-order valence-electron chi connectivity index (χ4n) is 2.77. The summed E-state index contributed by atoms with van der Waals surface area (Å²) in [6.45, 7) is 8.23. The van der Waals surface area contributed by atoms with Crippen LogP contribution in [0.25, 0.3) is 0 Å². The van der Waals surface area contributed by atoms with Crippen molar-refractivity contribution in [3.8, 4) is 0 Å². The van der Waals surface area contributed by atoms with E-state index < -0.39 is 0 Å². The molecule has 0 bridgehead atoms. The molecule has 138 valence electrons. The van der Waals surface area contributed by atoms with E-state index in [9.17, 15) is 9.59 Å². The van der Waals surface area contributed by atoms with E-state index in [2.05, 4.69) is 35.9 Å². The SMILES string of the molecule is CC(=O)Nc1cccc(NCCC(=O)Nc2c(C)cccc2C(C)C)c1. The molecular weight excluding hydrogens is 326 g/mol. The van der Waals surface area contributed by atoms with E-state index in [4.69, 9.17) is 0 Å². The van der Waals surface area contributed by atoms with Crippen molar-refractivity contribution in [2.24, 2.45) is 0 Å². The highest BCUT2D eigenvalue weighted by molar-refractivity contribution is 5.93. The van der Waals surface area contributed by atoms with Crippen LogP contribution in [-0.4, -0.2) is 18.4 Å². The first-order valence-corrected chi connectivity index (χ1v) is 8.87. The summed E-state index contributed by atoms with van der Waals surface area (Å²) < 4.78 is 0. The highest BCUT2D eigenvalue weighted by atomic mass is 16.2. The highest BCUT2D eigenvalue weighted by Gasteiger charge is 2.11.